The first-order chi connectivity index (χ1) is 8.22. The van der Waals surface area contributed by atoms with Crippen molar-refractivity contribution in [3.63, 3.8) is 0 Å². The lowest BCUT2D eigenvalue weighted by atomic mass is 10.1. The summed E-state index contributed by atoms with van der Waals surface area (Å²) >= 11 is 0. The number of pyridine rings is 1. The monoisotopic (exact) mass is 229 g/mol. The van der Waals surface area contributed by atoms with E-state index in [1.807, 2.05) is 13.0 Å². The Hall–Kier alpha value is -1.89. The van der Waals surface area contributed by atoms with Gasteiger partial charge in [-0.25, -0.2) is 0 Å². The first-order valence-electron chi connectivity index (χ1n) is 5.84. The highest BCUT2D eigenvalue weighted by molar-refractivity contribution is 5.93. The molecule has 1 aliphatic carbocycles. The molecule has 0 aromatic carbocycles. The maximum absolute atomic E-state index is 12.0. The molecule has 1 fully saturated rings. The van der Waals surface area contributed by atoms with Crippen molar-refractivity contribution in [3.8, 4) is 6.07 Å². The molecule has 2 atom stereocenters. The highest BCUT2D eigenvalue weighted by Crippen LogP contribution is 2.25. The summed E-state index contributed by atoms with van der Waals surface area (Å²) in [5.74, 6) is -0.224. The number of nitriles is 1. The van der Waals surface area contributed by atoms with E-state index in [4.69, 9.17) is 5.26 Å². The summed E-state index contributed by atoms with van der Waals surface area (Å²) in [5.41, 5.74) is 1.31. The molecule has 2 unspecified atom stereocenters. The molecule has 4 nitrogen and oxygen atoms in total. The van der Waals surface area contributed by atoms with Crippen LogP contribution in [0.2, 0.25) is 0 Å². The van der Waals surface area contributed by atoms with E-state index < -0.39 is 0 Å². The van der Waals surface area contributed by atoms with Gasteiger partial charge in [0.05, 0.1) is 12.0 Å². The zero-order chi connectivity index (χ0) is 12.3. The summed E-state index contributed by atoms with van der Waals surface area (Å²) in [4.78, 5) is 16.1. The molecule has 0 saturated heterocycles. The zero-order valence-corrected chi connectivity index (χ0v) is 9.81. The van der Waals surface area contributed by atoms with Gasteiger partial charge in [0.15, 0.2) is 0 Å². The second kappa shape index (κ2) is 4.96. The van der Waals surface area contributed by atoms with E-state index in [1.165, 1.54) is 0 Å². The number of carbonyl (C=O) groups excluding carboxylic acids is 1. The van der Waals surface area contributed by atoms with Crippen molar-refractivity contribution in [2.75, 3.05) is 0 Å². The minimum absolute atomic E-state index is 0.0195. The molecule has 88 valence electrons. The minimum atomic E-state index is -0.171. The lowest BCUT2D eigenvalue weighted by molar-refractivity contribution is 0.0927. The number of nitrogens with one attached hydrogen (secondary N) is 1. The third-order valence-electron chi connectivity index (χ3n) is 3.22. The SMILES string of the molecule is Cc1cccnc1C(=O)NC1CCCC1C#N. The topological polar surface area (TPSA) is 65.8 Å². The molecule has 1 amide bonds. The summed E-state index contributed by atoms with van der Waals surface area (Å²) < 4.78 is 0. The standard InChI is InChI=1S/C13H15N3O/c1-9-4-3-7-15-12(9)13(17)16-11-6-2-5-10(11)8-14/h3-4,7,10-11H,2,5-6H2,1H3,(H,16,17). The van der Waals surface area contributed by atoms with E-state index in [0.717, 1.165) is 24.8 Å². The van der Waals surface area contributed by atoms with Gasteiger partial charge in [-0.05, 0) is 37.8 Å². The molecular formula is C13H15N3O. The van der Waals surface area contributed by atoms with Crippen LogP contribution in [-0.4, -0.2) is 16.9 Å². The van der Waals surface area contributed by atoms with Crippen LogP contribution in [0.5, 0.6) is 0 Å². The molecule has 1 N–H and O–H groups in total. The molecule has 0 radical (unpaired) electrons. The fourth-order valence-corrected chi connectivity index (χ4v) is 2.25. The van der Waals surface area contributed by atoms with Gasteiger partial charge in [0.1, 0.15) is 5.69 Å². The highest BCUT2D eigenvalue weighted by Gasteiger charge is 2.29. The van der Waals surface area contributed by atoms with Gasteiger partial charge in [0.25, 0.3) is 5.91 Å². The number of carbonyl (C=O) groups is 1. The molecule has 0 spiro atoms. The Morgan fingerprint density at radius 1 is 1.59 bits per heavy atom. The lowest BCUT2D eigenvalue weighted by Crippen LogP contribution is -2.37. The first-order valence-corrected chi connectivity index (χ1v) is 5.84. The van der Waals surface area contributed by atoms with Crippen molar-refractivity contribution in [2.24, 2.45) is 5.92 Å². The average Bonchev–Trinajstić information content (AvgIpc) is 2.76. The van der Waals surface area contributed by atoms with Crippen LogP contribution in [0.25, 0.3) is 0 Å². The molecule has 1 aromatic rings. The molecule has 0 aliphatic heterocycles. The van der Waals surface area contributed by atoms with Crippen molar-refractivity contribution < 1.29 is 4.79 Å². The Balaban J connectivity index is 2.08. The minimum Gasteiger partial charge on any atom is -0.347 e. The Morgan fingerprint density at radius 2 is 2.41 bits per heavy atom. The lowest BCUT2D eigenvalue weighted by Gasteiger charge is -2.15. The largest absolute Gasteiger partial charge is 0.347 e. The zero-order valence-electron chi connectivity index (χ0n) is 9.81. The van der Waals surface area contributed by atoms with Gasteiger partial charge >= 0.3 is 0 Å². The van der Waals surface area contributed by atoms with Crippen molar-refractivity contribution in [2.45, 2.75) is 32.2 Å². The van der Waals surface area contributed by atoms with Crippen LogP contribution in [0, 0.1) is 24.2 Å². The summed E-state index contributed by atoms with van der Waals surface area (Å²) in [7, 11) is 0. The summed E-state index contributed by atoms with van der Waals surface area (Å²) in [6.07, 6.45) is 4.38. The number of nitrogens with zero attached hydrogens (tertiary/aromatic N) is 2. The number of amides is 1. The van der Waals surface area contributed by atoms with Crippen LogP contribution >= 0.6 is 0 Å². The summed E-state index contributed by atoms with van der Waals surface area (Å²) in [5, 5.41) is 11.9. The molecule has 1 aliphatic rings. The van der Waals surface area contributed by atoms with Crippen molar-refractivity contribution in [3.05, 3.63) is 29.6 Å². The van der Waals surface area contributed by atoms with E-state index in [-0.39, 0.29) is 17.9 Å². The number of rotatable bonds is 2. The predicted molar refractivity (Wildman–Crippen MR) is 63.2 cm³/mol. The number of aryl methyl sites for hydroxylation is 1. The maximum Gasteiger partial charge on any atom is 0.270 e. The molecule has 1 saturated carbocycles. The van der Waals surface area contributed by atoms with Gasteiger partial charge in [-0.2, -0.15) is 5.26 Å². The Kier molecular flexibility index (Phi) is 3.38. The summed E-state index contributed by atoms with van der Waals surface area (Å²) in [6.45, 7) is 1.86. The van der Waals surface area contributed by atoms with E-state index >= 15 is 0 Å². The molecule has 0 bridgehead atoms. The normalized spacial score (nSPS) is 23.1. The molecule has 1 aromatic heterocycles. The number of hydrogen-bond donors (Lipinski definition) is 1. The third-order valence-corrected chi connectivity index (χ3v) is 3.22. The van der Waals surface area contributed by atoms with Crippen molar-refractivity contribution >= 4 is 5.91 Å². The van der Waals surface area contributed by atoms with Crippen LogP contribution < -0.4 is 5.32 Å². The molecule has 1 heterocycles. The Labute approximate surface area is 101 Å². The van der Waals surface area contributed by atoms with E-state index in [2.05, 4.69) is 16.4 Å². The van der Waals surface area contributed by atoms with Gasteiger partial charge in [-0.3, -0.25) is 9.78 Å². The fraction of sp³-hybridized carbons (Fsp3) is 0.462. The Bertz CT molecular complexity index is 464. The highest BCUT2D eigenvalue weighted by atomic mass is 16.1. The smallest absolute Gasteiger partial charge is 0.270 e. The number of aromatic nitrogens is 1. The van der Waals surface area contributed by atoms with Gasteiger partial charge in [-0.1, -0.05) is 6.07 Å². The van der Waals surface area contributed by atoms with Gasteiger partial charge in [0.2, 0.25) is 0 Å². The van der Waals surface area contributed by atoms with E-state index in [0.29, 0.717) is 5.69 Å². The van der Waals surface area contributed by atoms with Gasteiger partial charge in [-0.15, -0.1) is 0 Å². The molecule has 4 heteroatoms. The average molecular weight is 229 g/mol. The maximum atomic E-state index is 12.0. The fourth-order valence-electron chi connectivity index (χ4n) is 2.25. The molecule has 17 heavy (non-hydrogen) atoms. The Morgan fingerprint density at radius 3 is 3.12 bits per heavy atom. The molecule has 2 rings (SSSR count). The quantitative estimate of drug-likeness (QED) is 0.841. The van der Waals surface area contributed by atoms with E-state index in [1.54, 1.807) is 12.3 Å². The predicted octanol–water partition coefficient (Wildman–Crippen LogP) is 1.81. The van der Waals surface area contributed by atoms with Crippen LogP contribution in [0.4, 0.5) is 0 Å². The second-order valence-electron chi connectivity index (χ2n) is 4.42. The van der Waals surface area contributed by atoms with Gasteiger partial charge in [0, 0.05) is 12.2 Å². The van der Waals surface area contributed by atoms with Crippen LogP contribution in [0.15, 0.2) is 18.3 Å². The van der Waals surface area contributed by atoms with Crippen molar-refractivity contribution in [1.82, 2.24) is 10.3 Å². The second-order valence-corrected chi connectivity index (χ2v) is 4.42. The van der Waals surface area contributed by atoms with E-state index in [9.17, 15) is 4.79 Å². The van der Waals surface area contributed by atoms with Crippen LogP contribution in [0.1, 0.15) is 35.3 Å². The first kappa shape index (κ1) is 11.6. The third kappa shape index (κ3) is 2.44. The number of hydrogen-bond acceptors (Lipinski definition) is 3. The van der Waals surface area contributed by atoms with Crippen LogP contribution in [-0.2, 0) is 0 Å². The summed E-state index contributed by atoms with van der Waals surface area (Å²) in [6, 6.07) is 5.90. The van der Waals surface area contributed by atoms with Gasteiger partial charge < -0.3 is 5.32 Å². The van der Waals surface area contributed by atoms with Crippen LogP contribution in [0.3, 0.4) is 0 Å². The molecular weight excluding hydrogens is 214 g/mol. The van der Waals surface area contributed by atoms with Crippen molar-refractivity contribution in [1.29, 1.82) is 5.26 Å².